The smallest absolute Gasteiger partial charge is 0.303 e. The van der Waals surface area contributed by atoms with E-state index < -0.39 is 5.97 Å². The van der Waals surface area contributed by atoms with Crippen molar-refractivity contribution in [2.45, 2.75) is 19.8 Å². The normalized spacial score (nSPS) is 10.6. The van der Waals surface area contributed by atoms with Crippen LogP contribution in [0.3, 0.4) is 0 Å². The van der Waals surface area contributed by atoms with Crippen molar-refractivity contribution in [3.8, 4) is 11.5 Å². The van der Waals surface area contributed by atoms with Gasteiger partial charge in [-0.3, -0.25) is 4.79 Å². The maximum atomic E-state index is 10.4. The number of hydrogen-bond acceptors (Lipinski definition) is 5. The van der Waals surface area contributed by atoms with Crippen LogP contribution >= 0.6 is 0 Å². The second-order valence-electron chi connectivity index (χ2n) is 3.29. The molecule has 0 aliphatic rings. The largest absolute Gasteiger partial charge is 0.481 e. The number of aryl methyl sites for hydroxylation is 2. The van der Waals surface area contributed by atoms with Crippen LogP contribution in [0.4, 0.5) is 0 Å². The van der Waals surface area contributed by atoms with Crippen LogP contribution in [0, 0.1) is 6.92 Å². The lowest BCUT2D eigenvalue weighted by molar-refractivity contribution is -0.137. The van der Waals surface area contributed by atoms with Crippen LogP contribution in [0.15, 0.2) is 21.2 Å². The van der Waals surface area contributed by atoms with Gasteiger partial charge < -0.3 is 13.9 Å². The Morgan fingerprint density at radius 2 is 2.31 bits per heavy atom. The van der Waals surface area contributed by atoms with Crippen LogP contribution in [0.2, 0.25) is 0 Å². The molecule has 6 nitrogen and oxygen atoms in total. The first-order valence-corrected chi connectivity index (χ1v) is 4.75. The summed E-state index contributed by atoms with van der Waals surface area (Å²) in [5.41, 5.74) is 0.731. The number of aromatic nitrogens is 2. The van der Waals surface area contributed by atoms with Gasteiger partial charge in [0.2, 0.25) is 5.89 Å². The minimum Gasteiger partial charge on any atom is -0.481 e. The molecule has 0 atom stereocenters. The lowest BCUT2D eigenvalue weighted by atomic mass is 10.3. The molecule has 6 heteroatoms. The van der Waals surface area contributed by atoms with Gasteiger partial charge in [0.15, 0.2) is 0 Å². The second kappa shape index (κ2) is 4.18. The molecule has 0 radical (unpaired) electrons. The molecule has 0 unspecified atom stereocenters. The third kappa shape index (κ3) is 2.10. The highest BCUT2D eigenvalue weighted by atomic mass is 16.4. The van der Waals surface area contributed by atoms with E-state index in [2.05, 4.69) is 10.2 Å². The molecule has 0 saturated carbocycles. The summed E-state index contributed by atoms with van der Waals surface area (Å²) >= 11 is 0. The van der Waals surface area contributed by atoms with Crippen molar-refractivity contribution in [1.29, 1.82) is 0 Å². The zero-order valence-electron chi connectivity index (χ0n) is 8.64. The molecule has 0 saturated heterocycles. The zero-order valence-corrected chi connectivity index (χ0v) is 8.64. The van der Waals surface area contributed by atoms with Gasteiger partial charge in [-0.1, -0.05) is 0 Å². The molecule has 0 fully saturated rings. The average molecular weight is 222 g/mol. The van der Waals surface area contributed by atoms with Gasteiger partial charge in [-0.25, -0.2) is 0 Å². The number of carboxylic acids is 1. The summed E-state index contributed by atoms with van der Waals surface area (Å²) in [4.78, 5) is 10.4. The van der Waals surface area contributed by atoms with Crippen molar-refractivity contribution < 1.29 is 18.7 Å². The van der Waals surface area contributed by atoms with Gasteiger partial charge in [0, 0.05) is 6.42 Å². The topological polar surface area (TPSA) is 89.4 Å². The summed E-state index contributed by atoms with van der Waals surface area (Å²) in [6.07, 6.45) is 1.75. The third-order valence-electron chi connectivity index (χ3n) is 2.11. The predicted molar refractivity (Wildman–Crippen MR) is 52.7 cm³/mol. The van der Waals surface area contributed by atoms with Crippen LogP contribution in [0.25, 0.3) is 11.5 Å². The van der Waals surface area contributed by atoms with E-state index in [0.717, 1.165) is 5.56 Å². The molecule has 1 N–H and O–H groups in total. The molecule has 0 amide bonds. The van der Waals surface area contributed by atoms with Gasteiger partial charge in [0.25, 0.3) is 5.89 Å². The first-order valence-electron chi connectivity index (χ1n) is 4.75. The van der Waals surface area contributed by atoms with E-state index in [4.69, 9.17) is 13.9 Å². The third-order valence-corrected chi connectivity index (χ3v) is 2.11. The van der Waals surface area contributed by atoms with E-state index >= 15 is 0 Å². The van der Waals surface area contributed by atoms with Gasteiger partial charge in [0.1, 0.15) is 5.76 Å². The molecule has 0 aliphatic carbocycles. The molecule has 84 valence electrons. The minimum atomic E-state index is -0.890. The number of aliphatic carboxylic acids is 1. The number of nitrogens with zero attached hydrogens (tertiary/aromatic N) is 2. The molecule has 0 spiro atoms. The summed E-state index contributed by atoms with van der Waals surface area (Å²) in [7, 11) is 0. The zero-order chi connectivity index (χ0) is 11.5. The Balaban J connectivity index is 2.14. The Hall–Kier alpha value is -2.11. The Labute approximate surface area is 90.9 Å². The number of carboxylic acid groups (broad SMARTS) is 1. The van der Waals surface area contributed by atoms with Gasteiger partial charge in [-0.2, -0.15) is 0 Å². The van der Waals surface area contributed by atoms with E-state index in [9.17, 15) is 4.79 Å². The lowest BCUT2D eigenvalue weighted by Gasteiger charge is -1.90. The number of rotatable bonds is 4. The summed E-state index contributed by atoms with van der Waals surface area (Å²) in [5, 5.41) is 16.1. The minimum absolute atomic E-state index is 0.0218. The van der Waals surface area contributed by atoms with E-state index in [-0.39, 0.29) is 12.8 Å². The predicted octanol–water partition coefficient (Wildman–Crippen LogP) is 1.66. The first kappa shape index (κ1) is 10.4. The first-order chi connectivity index (χ1) is 7.66. The fourth-order valence-corrected chi connectivity index (χ4v) is 1.28. The van der Waals surface area contributed by atoms with Crippen LogP contribution in [-0.4, -0.2) is 21.3 Å². The van der Waals surface area contributed by atoms with Crippen molar-refractivity contribution in [3.05, 3.63) is 24.0 Å². The Morgan fingerprint density at radius 1 is 1.50 bits per heavy atom. The second-order valence-corrected chi connectivity index (χ2v) is 3.29. The molecule has 0 aromatic carbocycles. The average Bonchev–Trinajstić information content (AvgIpc) is 2.83. The molecular formula is C10H10N2O4. The number of furan rings is 1. The summed E-state index contributed by atoms with van der Waals surface area (Å²) in [6, 6.07) is 1.73. The Morgan fingerprint density at radius 3 is 2.94 bits per heavy atom. The van der Waals surface area contributed by atoms with Crippen LogP contribution < -0.4 is 0 Å². The van der Waals surface area contributed by atoms with Crippen LogP contribution in [-0.2, 0) is 11.2 Å². The molecule has 0 bridgehead atoms. The van der Waals surface area contributed by atoms with E-state index in [1.807, 2.05) is 0 Å². The maximum Gasteiger partial charge on any atom is 0.303 e. The van der Waals surface area contributed by atoms with Crippen LogP contribution in [0.5, 0.6) is 0 Å². The summed E-state index contributed by atoms with van der Waals surface area (Å²) < 4.78 is 10.4. The molecule has 16 heavy (non-hydrogen) atoms. The van der Waals surface area contributed by atoms with Gasteiger partial charge in [0.05, 0.1) is 18.2 Å². The Bertz CT molecular complexity index is 500. The fraction of sp³-hybridized carbons (Fsp3) is 0.300. The quantitative estimate of drug-likeness (QED) is 0.845. The standard InChI is InChI=1S/C10H10N2O4/c1-6-7(4-5-15-6)10-12-11-8(16-10)2-3-9(13)14/h4-5H,2-3H2,1H3,(H,13,14). The molecular weight excluding hydrogens is 212 g/mol. The molecule has 2 heterocycles. The highest BCUT2D eigenvalue weighted by Gasteiger charge is 2.13. The molecule has 2 aromatic heterocycles. The van der Waals surface area contributed by atoms with E-state index in [0.29, 0.717) is 17.5 Å². The van der Waals surface area contributed by atoms with Crippen molar-refractivity contribution in [2.75, 3.05) is 0 Å². The number of hydrogen-bond donors (Lipinski definition) is 1. The molecule has 0 aliphatic heterocycles. The van der Waals surface area contributed by atoms with Crippen molar-refractivity contribution in [1.82, 2.24) is 10.2 Å². The van der Waals surface area contributed by atoms with Gasteiger partial charge >= 0.3 is 5.97 Å². The number of carbonyl (C=O) groups is 1. The summed E-state index contributed by atoms with van der Waals surface area (Å²) in [6.45, 7) is 1.79. The van der Waals surface area contributed by atoms with E-state index in [1.165, 1.54) is 6.26 Å². The fourth-order valence-electron chi connectivity index (χ4n) is 1.28. The van der Waals surface area contributed by atoms with Crippen LogP contribution in [0.1, 0.15) is 18.1 Å². The highest BCUT2D eigenvalue weighted by molar-refractivity contribution is 5.66. The summed E-state index contributed by atoms with van der Waals surface area (Å²) in [5.74, 6) is 0.470. The van der Waals surface area contributed by atoms with Crippen molar-refractivity contribution in [3.63, 3.8) is 0 Å². The van der Waals surface area contributed by atoms with E-state index in [1.54, 1.807) is 13.0 Å². The monoisotopic (exact) mass is 222 g/mol. The lowest BCUT2D eigenvalue weighted by Crippen LogP contribution is -1.97. The van der Waals surface area contributed by atoms with Crippen molar-refractivity contribution >= 4 is 5.97 Å². The molecule has 2 rings (SSSR count). The highest BCUT2D eigenvalue weighted by Crippen LogP contribution is 2.22. The SMILES string of the molecule is Cc1occc1-c1nnc(CCC(=O)O)o1. The Kier molecular flexibility index (Phi) is 2.72. The van der Waals surface area contributed by atoms with Crippen molar-refractivity contribution in [2.24, 2.45) is 0 Å². The molecule has 2 aromatic rings. The van der Waals surface area contributed by atoms with Gasteiger partial charge in [-0.15, -0.1) is 10.2 Å². The van der Waals surface area contributed by atoms with Gasteiger partial charge in [-0.05, 0) is 13.0 Å². The maximum absolute atomic E-state index is 10.4.